The van der Waals surface area contributed by atoms with Gasteiger partial charge in [-0.2, -0.15) is 0 Å². The second-order valence-corrected chi connectivity index (χ2v) is 5.01. The number of nitrogens with zero attached hydrogens (tertiary/aromatic N) is 1. The number of aromatic nitrogens is 1. The summed E-state index contributed by atoms with van der Waals surface area (Å²) >= 11 is 9.64. The van der Waals surface area contributed by atoms with Gasteiger partial charge in [0.05, 0.1) is 9.50 Å². The largest absolute Gasteiger partial charge is 0.369 e. The number of rotatable bonds is 0. The number of hydrogen-bond donors (Lipinski definition) is 1. The van der Waals surface area contributed by atoms with Crippen molar-refractivity contribution >= 4 is 33.3 Å². The molecule has 1 saturated carbocycles. The predicted molar refractivity (Wildman–Crippen MR) is 56.3 cm³/mol. The van der Waals surface area contributed by atoms with Crippen LogP contribution in [0.1, 0.15) is 18.4 Å². The number of hydrogen-bond acceptors (Lipinski definition) is 2. The highest BCUT2D eigenvalue weighted by Gasteiger charge is 2.51. The molecule has 4 heteroatoms. The van der Waals surface area contributed by atoms with E-state index in [0.29, 0.717) is 5.41 Å². The van der Waals surface area contributed by atoms with Gasteiger partial charge in [0.15, 0.2) is 0 Å². The second-order valence-electron chi connectivity index (χ2n) is 3.78. The lowest BCUT2D eigenvalue weighted by atomic mass is 10.0. The van der Waals surface area contributed by atoms with Crippen molar-refractivity contribution in [2.45, 2.75) is 18.3 Å². The Morgan fingerprint density at radius 1 is 1.54 bits per heavy atom. The fourth-order valence-electron chi connectivity index (χ4n) is 2.00. The average molecular weight is 260 g/mol. The van der Waals surface area contributed by atoms with Crippen molar-refractivity contribution in [3.8, 4) is 0 Å². The summed E-state index contributed by atoms with van der Waals surface area (Å²) in [7, 11) is 0. The lowest BCUT2D eigenvalue weighted by Gasteiger charge is -2.08. The maximum atomic E-state index is 6.24. The van der Waals surface area contributed by atoms with Crippen molar-refractivity contribution in [1.82, 2.24) is 4.98 Å². The molecule has 0 unspecified atom stereocenters. The highest BCUT2D eigenvalue weighted by Crippen LogP contribution is 2.56. The van der Waals surface area contributed by atoms with Crippen LogP contribution in [0.4, 0.5) is 5.82 Å². The van der Waals surface area contributed by atoms with Gasteiger partial charge in [-0.25, -0.2) is 4.98 Å². The molecule has 0 amide bonds. The van der Waals surface area contributed by atoms with Crippen LogP contribution in [0.15, 0.2) is 10.7 Å². The first kappa shape index (κ1) is 8.06. The van der Waals surface area contributed by atoms with Gasteiger partial charge in [0, 0.05) is 23.7 Å². The number of anilines is 1. The Bertz CT molecular complexity index is 387. The first-order valence-corrected chi connectivity index (χ1v) is 5.48. The van der Waals surface area contributed by atoms with Crippen LogP contribution in [-0.4, -0.2) is 11.5 Å². The molecule has 1 aromatic heterocycles. The van der Waals surface area contributed by atoms with Crippen LogP contribution in [0.3, 0.4) is 0 Å². The smallest absolute Gasteiger partial charge is 0.131 e. The van der Waals surface area contributed by atoms with Gasteiger partial charge in [-0.05, 0) is 28.8 Å². The van der Waals surface area contributed by atoms with E-state index in [1.165, 1.54) is 18.4 Å². The zero-order valence-electron chi connectivity index (χ0n) is 6.90. The molecule has 1 N–H and O–H groups in total. The van der Waals surface area contributed by atoms with Crippen molar-refractivity contribution in [3.05, 3.63) is 21.3 Å². The summed E-state index contributed by atoms with van der Waals surface area (Å²) in [5.41, 5.74) is 1.55. The third-order valence-electron chi connectivity index (χ3n) is 2.95. The minimum absolute atomic E-state index is 0.323. The zero-order chi connectivity index (χ0) is 9.05. The fourth-order valence-corrected chi connectivity index (χ4v) is 2.64. The molecule has 3 rings (SSSR count). The number of halogens is 2. The van der Waals surface area contributed by atoms with Crippen LogP contribution in [0.25, 0.3) is 0 Å². The highest BCUT2D eigenvalue weighted by molar-refractivity contribution is 9.10. The summed E-state index contributed by atoms with van der Waals surface area (Å²) in [6, 6.07) is 0. The summed E-state index contributed by atoms with van der Waals surface area (Å²) < 4.78 is 0.905. The molecule has 1 aliphatic carbocycles. The zero-order valence-corrected chi connectivity index (χ0v) is 9.24. The fraction of sp³-hybridized carbons (Fsp3) is 0.444. The Labute approximate surface area is 89.8 Å². The van der Waals surface area contributed by atoms with Crippen molar-refractivity contribution < 1.29 is 0 Å². The van der Waals surface area contributed by atoms with Crippen LogP contribution in [0.2, 0.25) is 5.02 Å². The maximum absolute atomic E-state index is 6.24. The topological polar surface area (TPSA) is 24.9 Å². The maximum Gasteiger partial charge on any atom is 0.131 e. The van der Waals surface area contributed by atoms with Gasteiger partial charge in [0.1, 0.15) is 5.82 Å². The van der Waals surface area contributed by atoms with Crippen molar-refractivity contribution in [2.75, 3.05) is 11.9 Å². The summed E-state index contributed by atoms with van der Waals surface area (Å²) in [5.74, 6) is 0.978. The predicted octanol–water partition coefficient (Wildman–Crippen LogP) is 2.95. The van der Waals surface area contributed by atoms with E-state index in [0.717, 1.165) is 21.9 Å². The summed E-state index contributed by atoms with van der Waals surface area (Å²) in [6.07, 6.45) is 4.24. The monoisotopic (exact) mass is 258 g/mol. The Morgan fingerprint density at radius 2 is 2.31 bits per heavy atom. The standard InChI is InChI=1S/C9H8BrClN2/c10-5-3-12-8-6(7(5)11)9(1-2-9)4-13-8/h3H,1-2,4H2,(H,12,13). The summed E-state index contributed by atoms with van der Waals surface area (Å²) in [5, 5.41) is 4.14. The minimum Gasteiger partial charge on any atom is -0.369 e. The van der Waals surface area contributed by atoms with Crippen LogP contribution < -0.4 is 5.32 Å². The van der Waals surface area contributed by atoms with Crippen molar-refractivity contribution in [1.29, 1.82) is 0 Å². The van der Waals surface area contributed by atoms with Crippen molar-refractivity contribution in [2.24, 2.45) is 0 Å². The Kier molecular flexibility index (Phi) is 1.48. The third kappa shape index (κ3) is 0.974. The molecular formula is C9H8BrClN2. The lowest BCUT2D eigenvalue weighted by Crippen LogP contribution is -2.08. The molecule has 1 fully saturated rings. The normalized spacial score (nSPS) is 21.4. The Hall–Kier alpha value is -0.280. The average Bonchev–Trinajstić information content (AvgIpc) is 2.77. The molecule has 0 aromatic carbocycles. The SMILES string of the molecule is Clc1c(Br)cnc2c1C1(CC1)CN2. The van der Waals surface area contributed by atoms with Crippen LogP contribution >= 0.6 is 27.5 Å². The van der Waals surface area contributed by atoms with Crippen molar-refractivity contribution in [3.63, 3.8) is 0 Å². The van der Waals surface area contributed by atoms with E-state index >= 15 is 0 Å². The Balaban J connectivity index is 2.27. The summed E-state index contributed by atoms with van der Waals surface area (Å²) in [4.78, 5) is 4.31. The molecule has 0 radical (unpaired) electrons. The van der Waals surface area contributed by atoms with Gasteiger partial charge in [-0.15, -0.1) is 0 Å². The third-order valence-corrected chi connectivity index (χ3v) is 4.17. The molecule has 1 spiro atoms. The molecule has 0 atom stereocenters. The minimum atomic E-state index is 0.323. The molecule has 1 aliphatic heterocycles. The first-order valence-electron chi connectivity index (χ1n) is 4.31. The van der Waals surface area contributed by atoms with E-state index in [9.17, 15) is 0 Å². The van der Waals surface area contributed by atoms with E-state index < -0.39 is 0 Å². The Morgan fingerprint density at radius 3 is 3.00 bits per heavy atom. The molecule has 0 bridgehead atoms. The van der Waals surface area contributed by atoms with Crippen LogP contribution in [0, 0.1) is 0 Å². The number of fused-ring (bicyclic) bond motifs is 2. The van der Waals surface area contributed by atoms with E-state index in [4.69, 9.17) is 11.6 Å². The van der Waals surface area contributed by atoms with Gasteiger partial charge in [-0.3, -0.25) is 0 Å². The summed E-state index contributed by atoms with van der Waals surface area (Å²) in [6.45, 7) is 1.01. The van der Waals surface area contributed by atoms with Gasteiger partial charge < -0.3 is 5.32 Å². The number of nitrogens with one attached hydrogen (secondary N) is 1. The molecule has 0 saturated heterocycles. The van der Waals surface area contributed by atoms with Gasteiger partial charge in [-0.1, -0.05) is 11.6 Å². The van der Waals surface area contributed by atoms with E-state index in [2.05, 4.69) is 26.2 Å². The second kappa shape index (κ2) is 2.39. The lowest BCUT2D eigenvalue weighted by molar-refractivity contribution is 0.777. The highest BCUT2D eigenvalue weighted by atomic mass is 79.9. The molecular weight excluding hydrogens is 251 g/mol. The number of pyridine rings is 1. The van der Waals surface area contributed by atoms with Crippen LogP contribution in [0.5, 0.6) is 0 Å². The molecule has 2 aliphatic rings. The van der Waals surface area contributed by atoms with Gasteiger partial charge in [0.2, 0.25) is 0 Å². The van der Waals surface area contributed by atoms with Gasteiger partial charge in [0.25, 0.3) is 0 Å². The molecule has 2 heterocycles. The molecule has 1 aromatic rings. The van der Waals surface area contributed by atoms with Gasteiger partial charge >= 0.3 is 0 Å². The quantitative estimate of drug-likeness (QED) is 0.775. The van der Waals surface area contributed by atoms with E-state index in [1.54, 1.807) is 6.20 Å². The molecule has 13 heavy (non-hydrogen) atoms. The van der Waals surface area contributed by atoms with Crippen LogP contribution in [-0.2, 0) is 5.41 Å². The van der Waals surface area contributed by atoms with E-state index in [1.807, 2.05) is 0 Å². The molecule has 68 valence electrons. The molecule has 2 nitrogen and oxygen atoms in total. The first-order chi connectivity index (χ1) is 6.23. The van der Waals surface area contributed by atoms with E-state index in [-0.39, 0.29) is 0 Å².